The molecule has 1 N–H and O–H groups in total. The van der Waals surface area contributed by atoms with E-state index in [1.54, 1.807) is 10.8 Å². The minimum absolute atomic E-state index is 0.00616. The lowest BCUT2D eigenvalue weighted by molar-refractivity contribution is 0.409. The normalized spacial score (nSPS) is 12.8. The van der Waals surface area contributed by atoms with Gasteiger partial charge in [0, 0.05) is 17.3 Å². The van der Waals surface area contributed by atoms with Crippen molar-refractivity contribution in [3.8, 4) is 0 Å². The summed E-state index contributed by atoms with van der Waals surface area (Å²) in [5.41, 5.74) is 2.80. The van der Waals surface area contributed by atoms with Gasteiger partial charge in [0.25, 0.3) is 5.78 Å². The Morgan fingerprint density at radius 3 is 2.95 bits per heavy atom. The summed E-state index contributed by atoms with van der Waals surface area (Å²) in [5.74, 6) is 1.45. The molecular formula is C12H14N6O. The van der Waals surface area contributed by atoms with Crippen molar-refractivity contribution in [2.24, 2.45) is 0 Å². The molecule has 0 amide bonds. The molecule has 3 aromatic rings. The maximum atomic E-state index is 4.86. The van der Waals surface area contributed by atoms with Crippen LogP contribution in [-0.2, 0) is 0 Å². The van der Waals surface area contributed by atoms with E-state index in [9.17, 15) is 0 Å². The van der Waals surface area contributed by atoms with Crippen molar-refractivity contribution in [2.45, 2.75) is 26.8 Å². The van der Waals surface area contributed by atoms with Gasteiger partial charge in [-0.05, 0) is 20.8 Å². The Hall–Kier alpha value is -2.44. The van der Waals surface area contributed by atoms with Crippen LogP contribution in [0.15, 0.2) is 23.2 Å². The number of nitrogens with one attached hydrogen (secondary N) is 1. The van der Waals surface area contributed by atoms with E-state index in [2.05, 4.69) is 25.5 Å². The molecule has 1 atom stereocenters. The summed E-state index contributed by atoms with van der Waals surface area (Å²) < 4.78 is 6.56. The predicted molar refractivity (Wildman–Crippen MR) is 68.8 cm³/mol. The molecule has 19 heavy (non-hydrogen) atoms. The highest BCUT2D eigenvalue weighted by molar-refractivity contribution is 5.52. The van der Waals surface area contributed by atoms with Crippen LogP contribution in [0.4, 0.5) is 5.82 Å². The highest BCUT2D eigenvalue weighted by Gasteiger charge is 2.15. The fraction of sp³-hybridized carbons (Fsp3) is 0.333. The Bertz CT molecular complexity index is 702. The molecular weight excluding hydrogens is 244 g/mol. The number of fused-ring (bicyclic) bond motifs is 1. The van der Waals surface area contributed by atoms with Crippen molar-refractivity contribution in [3.63, 3.8) is 0 Å². The summed E-state index contributed by atoms with van der Waals surface area (Å²) in [6.45, 7) is 5.97. The molecule has 0 radical (unpaired) electrons. The smallest absolute Gasteiger partial charge is 0.254 e. The van der Waals surface area contributed by atoms with Gasteiger partial charge in [-0.15, -0.1) is 0 Å². The second-order valence-corrected chi connectivity index (χ2v) is 4.43. The summed E-state index contributed by atoms with van der Waals surface area (Å²) >= 11 is 0. The Balaban J connectivity index is 2.04. The van der Waals surface area contributed by atoms with Crippen molar-refractivity contribution in [2.75, 3.05) is 5.32 Å². The SMILES string of the molecule is Cc1nc2ncnn2c(N[C@H](C)c2ccon2)c1C. The number of aryl methyl sites for hydroxylation is 1. The first-order chi connectivity index (χ1) is 9.16. The fourth-order valence-electron chi connectivity index (χ4n) is 1.93. The van der Waals surface area contributed by atoms with E-state index in [4.69, 9.17) is 4.52 Å². The number of nitrogens with zero attached hydrogens (tertiary/aromatic N) is 5. The molecule has 0 fully saturated rings. The van der Waals surface area contributed by atoms with Crippen LogP contribution in [0, 0.1) is 13.8 Å². The summed E-state index contributed by atoms with van der Waals surface area (Å²) in [5, 5.41) is 11.5. The van der Waals surface area contributed by atoms with Gasteiger partial charge in [0.05, 0.1) is 6.04 Å². The molecule has 0 unspecified atom stereocenters. The van der Waals surface area contributed by atoms with Crippen LogP contribution in [0.3, 0.4) is 0 Å². The molecule has 98 valence electrons. The fourth-order valence-corrected chi connectivity index (χ4v) is 1.93. The van der Waals surface area contributed by atoms with E-state index in [-0.39, 0.29) is 6.04 Å². The van der Waals surface area contributed by atoms with Gasteiger partial charge in [-0.2, -0.15) is 14.6 Å². The van der Waals surface area contributed by atoms with Crippen molar-refractivity contribution in [3.05, 3.63) is 35.6 Å². The van der Waals surface area contributed by atoms with Crippen molar-refractivity contribution < 1.29 is 4.52 Å². The summed E-state index contributed by atoms with van der Waals surface area (Å²) in [6, 6.07) is 1.84. The molecule has 3 rings (SSSR count). The van der Waals surface area contributed by atoms with Crippen LogP contribution in [0.5, 0.6) is 0 Å². The number of anilines is 1. The van der Waals surface area contributed by atoms with Crippen LogP contribution >= 0.6 is 0 Å². The van der Waals surface area contributed by atoms with Gasteiger partial charge >= 0.3 is 0 Å². The molecule has 7 nitrogen and oxygen atoms in total. The van der Waals surface area contributed by atoms with Gasteiger partial charge < -0.3 is 9.84 Å². The Morgan fingerprint density at radius 2 is 2.21 bits per heavy atom. The molecule has 0 aliphatic rings. The molecule has 0 aliphatic heterocycles. The van der Waals surface area contributed by atoms with Gasteiger partial charge in [-0.1, -0.05) is 5.16 Å². The maximum Gasteiger partial charge on any atom is 0.254 e. The maximum absolute atomic E-state index is 4.86. The summed E-state index contributed by atoms with van der Waals surface area (Å²) in [4.78, 5) is 8.50. The molecule has 0 spiro atoms. The predicted octanol–water partition coefficient (Wildman–Crippen LogP) is 1.90. The van der Waals surface area contributed by atoms with Gasteiger partial charge in [0.1, 0.15) is 24.1 Å². The minimum atomic E-state index is 0.00616. The molecule has 0 saturated heterocycles. The lowest BCUT2D eigenvalue weighted by Gasteiger charge is -2.16. The van der Waals surface area contributed by atoms with Crippen LogP contribution < -0.4 is 5.32 Å². The topological polar surface area (TPSA) is 81.1 Å². The number of aromatic nitrogens is 5. The Kier molecular flexibility index (Phi) is 2.66. The van der Waals surface area contributed by atoms with Crippen LogP contribution in [0.1, 0.15) is 29.9 Å². The van der Waals surface area contributed by atoms with Gasteiger partial charge in [-0.3, -0.25) is 0 Å². The third kappa shape index (κ3) is 1.92. The molecule has 0 bridgehead atoms. The quantitative estimate of drug-likeness (QED) is 0.772. The average Bonchev–Trinajstić information content (AvgIpc) is 3.04. The van der Waals surface area contributed by atoms with Crippen molar-refractivity contribution in [1.29, 1.82) is 0 Å². The largest absolute Gasteiger partial charge is 0.364 e. The Labute approximate surface area is 109 Å². The van der Waals surface area contributed by atoms with E-state index < -0.39 is 0 Å². The van der Waals surface area contributed by atoms with Crippen LogP contribution in [0.2, 0.25) is 0 Å². The van der Waals surface area contributed by atoms with Crippen molar-refractivity contribution >= 4 is 11.6 Å². The molecule has 0 aromatic carbocycles. The first-order valence-electron chi connectivity index (χ1n) is 6.00. The highest BCUT2D eigenvalue weighted by Crippen LogP contribution is 2.22. The molecule has 7 heteroatoms. The average molecular weight is 258 g/mol. The van der Waals surface area contributed by atoms with Gasteiger partial charge in [0.2, 0.25) is 0 Å². The number of hydrogen-bond donors (Lipinski definition) is 1. The molecule has 0 aliphatic carbocycles. The lowest BCUT2D eigenvalue weighted by atomic mass is 10.2. The first-order valence-corrected chi connectivity index (χ1v) is 6.00. The first kappa shape index (κ1) is 11.6. The zero-order chi connectivity index (χ0) is 13.4. The molecule has 3 heterocycles. The lowest BCUT2D eigenvalue weighted by Crippen LogP contribution is -2.13. The Morgan fingerprint density at radius 1 is 1.37 bits per heavy atom. The third-order valence-corrected chi connectivity index (χ3v) is 3.16. The number of hydrogen-bond acceptors (Lipinski definition) is 6. The summed E-state index contributed by atoms with van der Waals surface area (Å²) in [7, 11) is 0. The van der Waals surface area contributed by atoms with E-state index in [1.807, 2.05) is 26.8 Å². The minimum Gasteiger partial charge on any atom is -0.364 e. The summed E-state index contributed by atoms with van der Waals surface area (Å²) in [6.07, 6.45) is 3.05. The van der Waals surface area contributed by atoms with Crippen LogP contribution in [0.25, 0.3) is 5.78 Å². The number of rotatable bonds is 3. The molecule has 0 saturated carbocycles. The highest BCUT2D eigenvalue weighted by atomic mass is 16.5. The third-order valence-electron chi connectivity index (χ3n) is 3.16. The van der Waals surface area contributed by atoms with E-state index in [0.29, 0.717) is 5.78 Å². The zero-order valence-corrected chi connectivity index (χ0v) is 11.0. The van der Waals surface area contributed by atoms with Crippen molar-refractivity contribution in [1.82, 2.24) is 24.7 Å². The monoisotopic (exact) mass is 258 g/mol. The van der Waals surface area contributed by atoms with Gasteiger partial charge in [0.15, 0.2) is 0 Å². The van der Waals surface area contributed by atoms with Crippen LogP contribution in [-0.4, -0.2) is 24.7 Å². The molecule has 3 aromatic heterocycles. The second kappa shape index (κ2) is 4.34. The van der Waals surface area contributed by atoms with Gasteiger partial charge in [-0.25, -0.2) is 4.98 Å². The second-order valence-electron chi connectivity index (χ2n) is 4.43. The van der Waals surface area contributed by atoms with E-state index in [0.717, 1.165) is 22.8 Å². The van der Waals surface area contributed by atoms with E-state index >= 15 is 0 Å². The van der Waals surface area contributed by atoms with E-state index in [1.165, 1.54) is 6.33 Å². The standard InChI is InChI=1S/C12H14N6O/c1-7-8(2)16-12-13-6-14-18(12)11(7)15-9(3)10-4-5-19-17-10/h4-6,9,15H,1-3H3/t9-/m1/s1. The zero-order valence-electron chi connectivity index (χ0n) is 11.0.